The monoisotopic (exact) mass is 305 g/mol. The minimum atomic E-state index is -3.37. The standard InChI is InChI=1S/C10H15NO5S.CO2/c1-5(2)8(12)11-10(9(13)14)4-17(15,16)7-3-6(7)10;2-1-3/h5-7H,3-4H2,1-2H3,(H,11,12)(H,13,14);/t6-,7+,10+;/m1./s1. The Bertz CT molecular complexity index is 561. The summed E-state index contributed by atoms with van der Waals surface area (Å²) in [7, 11) is -3.37. The Morgan fingerprint density at radius 2 is 1.85 bits per heavy atom. The molecular weight excluding hydrogens is 290 g/mol. The molecule has 0 spiro atoms. The lowest BCUT2D eigenvalue weighted by Gasteiger charge is -2.27. The second-order valence-corrected chi connectivity index (χ2v) is 7.41. The normalized spacial score (nSPS) is 32.4. The van der Waals surface area contributed by atoms with Crippen LogP contribution >= 0.6 is 0 Å². The number of sulfone groups is 1. The maximum Gasteiger partial charge on any atom is 0.373 e. The number of carboxylic acids is 1. The van der Waals surface area contributed by atoms with Gasteiger partial charge in [-0.25, -0.2) is 13.2 Å². The molecule has 1 amide bonds. The predicted octanol–water partition coefficient (Wildman–Crippen LogP) is -1.18. The highest BCUT2D eigenvalue weighted by atomic mass is 32.2. The zero-order chi connectivity index (χ0) is 15.7. The van der Waals surface area contributed by atoms with Crippen LogP contribution in [0.25, 0.3) is 0 Å². The van der Waals surface area contributed by atoms with E-state index in [0.29, 0.717) is 6.42 Å². The van der Waals surface area contributed by atoms with E-state index in [1.807, 2.05) is 0 Å². The fourth-order valence-corrected chi connectivity index (χ4v) is 4.88. The number of carbonyl (C=O) groups is 2. The number of nitrogens with one attached hydrogen (secondary N) is 1. The molecule has 2 aliphatic rings. The van der Waals surface area contributed by atoms with E-state index in [9.17, 15) is 23.1 Å². The number of aliphatic carboxylic acids is 1. The van der Waals surface area contributed by atoms with Crippen molar-refractivity contribution >= 4 is 27.9 Å². The average molecular weight is 305 g/mol. The lowest BCUT2D eigenvalue weighted by atomic mass is 9.95. The Labute approximate surface area is 115 Å². The fourth-order valence-electron chi connectivity index (χ4n) is 2.39. The van der Waals surface area contributed by atoms with Crippen molar-refractivity contribution in [2.75, 3.05) is 5.75 Å². The van der Waals surface area contributed by atoms with Gasteiger partial charge >= 0.3 is 12.1 Å². The number of rotatable bonds is 3. The van der Waals surface area contributed by atoms with Gasteiger partial charge in [-0.2, -0.15) is 9.59 Å². The first-order valence-corrected chi connectivity index (χ1v) is 7.60. The molecule has 2 N–H and O–H groups in total. The Morgan fingerprint density at radius 3 is 2.10 bits per heavy atom. The summed E-state index contributed by atoms with van der Waals surface area (Å²) in [6.07, 6.45) is 0.590. The summed E-state index contributed by atoms with van der Waals surface area (Å²) in [4.78, 5) is 39.2. The lowest BCUT2D eigenvalue weighted by Crippen LogP contribution is -2.59. The van der Waals surface area contributed by atoms with Crippen molar-refractivity contribution in [1.82, 2.24) is 5.32 Å². The number of hydrogen-bond donors (Lipinski definition) is 2. The molecule has 2 fully saturated rings. The van der Waals surface area contributed by atoms with E-state index in [0.717, 1.165) is 0 Å². The van der Waals surface area contributed by atoms with Gasteiger partial charge in [0.2, 0.25) is 5.91 Å². The number of hydrogen-bond acceptors (Lipinski definition) is 6. The minimum absolute atomic E-state index is 0.250. The SMILES string of the molecule is CC(C)C(=O)N[C@@]1(C(=O)O)CS(=O)(=O)[C@H]2C[C@H]21.O=C=O. The highest BCUT2D eigenvalue weighted by molar-refractivity contribution is 7.92. The molecule has 0 bridgehead atoms. The van der Waals surface area contributed by atoms with E-state index < -0.39 is 44.2 Å². The van der Waals surface area contributed by atoms with Crippen LogP contribution in [0, 0.1) is 11.8 Å². The summed E-state index contributed by atoms with van der Waals surface area (Å²) in [5.41, 5.74) is -1.61. The third-order valence-corrected chi connectivity index (χ3v) is 5.81. The van der Waals surface area contributed by atoms with Gasteiger partial charge in [0.15, 0.2) is 15.4 Å². The number of carboxylic acid groups (broad SMARTS) is 1. The molecule has 0 aromatic rings. The zero-order valence-corrected chi connectivity index (χ0v) is 11.8. The largest absolute Gasteiger partial charge is 0.479 e. The third kappa shape index (κ3) is 2.73. The van der Waals surface area contributed by atoms with Crippen molar-refractivity contribution < 1.29 is 32.7 Å². The van der Waals surface area contributed by atoms with Crippen LogP contribution in [0.2, 0.25) is 0 Å². The van der Waals surface area contributed by atoms with Gasteiger partial charge in [0.25, 0.3) is 0 Å². The summed E-state index contributed by atoms with van der Waals surface area (Å²) in [6, 6.07) is 0. The minimum Gasteiger partial charge on any atom is -0.479 e. The van der Waals surface area contributed by atoms with Gasteiger partial charge in [-0.05, 0) is 6.42 Å². The number of amides is 1. The Hall–Kier alpha value is -1.73. The van der Waals surface area contributed by atoms with Gasteiger partial charge in [-0.3, -0.25) is 4.79 Å². The molecule has 1 aliphatic carbocycles. The molecule has 1 saturated heterocycles. The average Bonchev–Trinajstić information content (AvgIpc) is 3.05. The van der Waals surface area contributed by atoms with Crippen molar-refractivity contribution in [1.29, 1.82) is 0 Å². The van der Waals surface area contributed by atoms with E-state index >= 15 is 0 Å². The molecule has 112 valence electrons. The molecule has 1 saturated carbocycles. The summed E-state index contributed by atoms with van der Waals surface area (Å²) < 4.78 is 23.3. The summed E-state index contributed by atoms with van der Waals surface area (Å²) in [5, 5.41) is 11.1. The maximum atomic E-state index is 11.7. The van der Waals surface area contributed by atoms with Crippen molar-refractivity contribution in [2.45, 2.75) is 31.1 Å². The van der Waals surface area contributed by atoms with Gasteiger partial charge in [0.05, 0.1) is 11.0 Å². The highest BCUT2D eigenvalue weighted by Gasteiger charge is 2.70. The number of carbonyl (C=O) groups excluding carboxylic acids is 3. The van der Waals surface area contributed by atoms with Gasteiger partial charge in [-0.15, -0.1) is 0 Å². The van der Waals surface area contributed by atoms with Crippen molar-refractivity contribution in [3.05, 3.63) is 0 Å². The highest BCUT2D eigenvalue weighted by Crippen LogP contribution is 2.52. The second kappa shape index (κ2) is 5.34. The Balaban J connectivity index is 0.000000612. The zero-order valence-electron chi connectivity index (χ0n) is 11.0. The van der Waals surface area contributed by atoms with Crippen LogP contribution in [0.1, 0.15) is 20.3 Å². The first kappa shape index (κ1) is 16.3. The first-order valence-electron chi connectivity index (χ1n) is 5.88. The molecule has 0 aromatic heterocycles. The van der Waals surface area contributed by atoms with Gasteiger partial charge in [0, 0.05) is 11.8 Å². The van der Waals surface area contributed by atoms with Crippen LogP contribution in [-0.2, 0) is 29.0 Å². The molecule has 20 heavy (non-hydrogen) atoms. The van der Waals surface area contributed by atoms with Crippen LogP contribution in [0.3, 0.4) is 0 Å². The predicted molar refractivity (Wildman–Crippen MR) is 64.0 cm³/mol. The molecule has 9 heteroatoms. The molecule has 0 unspecified atom stereocenters. The van der Waals surface area contributed by atoms with E-state index in [2.05, 4.69) is 5.32 Å². The second-order valence-electron chi connectivity index (χ2n) is 5.19. The molecule has 1 heterocycles. The van der Waals surface area contributed by atoms with E-state index in [1.54, 1.807) is 13.8 Å². The molecule has 0 aromatic carbocycles. The van der Waals surface area contributed by atoms with E-state index in [4.69, 9.17) is 9.59 Å². The van der Waals surface area contributed by atoms with E-state index in [-0.39, 0.29) is 12.1 Å². The van der Waals surface area contributed by atoms with Crippen LogP contribution < -0.4 is 5.32 Å². The fraction of sp³-hybridized carbons (Fsp3) is 0.727. The van der Waals surface area contributed by atoms with Gasteiger partial charge < -0.3 is 10.4 Å². The molecule has 0 radical (unpaired) electrons. The number of fused-ring (bicyclic) bond motifs is 1. The van der Waals surface area contributed by atoms with Crippen molar-refractivity contribution in [3.63, 3.8) is 0 Å². The molecule has 1 aliphatic heterocycles. The smallest absolute Gasteiger partial charge is 0.373 e. The van der Waals surface area contributed by atoms with Crippen LogP contribution in [-0.4, -0.2) is 48.1 Å². The quantitative estimate of drug-likeness (QED) is 0.669. The van der Waals surface area contributed by atoms with E-state index in [1.165, 1.54) is 0 Å². The Morgan fingerprint density at radius 1 is 1.35 bits per heavy atom. The summed E-state index contributed by atoms with van der Waals surface area (Å²) in [6.45, 7) is 3.28. The van der Waals surface area contributed by atoms with Crippen LogP contribution in [0.5, 0.6) is 0 Å². The van der Waals surface area contributed by atoms with Gasteiger partial charge in [0.1, 0.15) is 0 Å². The van der Waals surface area contributed by atoms with Crippen molar-refractivity contribution in [2.24, 2.45) is 11.8 Å². The maximum absolute atomic E-state index is 11.7. The molecule has 8 nitrogen and oxygen atoms in total. The summed E-state index contributed by atoms with van der Waals surface area (Å²) in [5.74, 6) is -2.99. The molecule has 2 rings (SSSR count). The summed E-state index contributed by atoms with van der Waals surface area (Å²) >= 11 is 0. The first-order chi connectivity index (χ1) is 9.12. The lowest BCUT2D eigenvalue weighted by molar-refractivity contribution is -0.191. The molecular formula is C11H15NO7S. The van der Waals surface area contributed by atoms with Crippen molar-refractivity contribution in [3.8, 4) is 0 Å². The van der Waals surface area contributed by atoms with Crippen LogP contribution in [0.15, 0.2) is 0 Å². The molecule has 3 atom stereocenters. The topological polar surface area (TPSA) is 135 Å². The van der Waals surface area contributed by atoms with Crippen LogP contribution in [0.4, 0.5) is 0 Å². The van der Waals surface area contributed by atoms with Gasteiger partial charge in [-0.1, -0.05) is 13.8 Å². The third-order valence-electron chi connectivity index (χ3n) is 3.51. The Kier molecular flexibility index (Phi) is 4.36.